The average molecular weight is 531 g/mol. The number of anilines is 3. The van der Waals surface area contributed by atoms with Gasteiger partial charge < -0.3 is 16.0 Å². The summed E-state index contributed by atoms with van der Waals surface area (Å²) in [6.07, 6.45) is -0.144. The molecule has 0 fully saturated rings. The highest BCUT2D eigenvalue weighted by atomic mass is 15.7. The lowest BCUT2D eigenvalue weighted by Crippen LogP contribution is -2.63. The van der Waals surface area contributed by atoms with Crippen molar-refractivity contribution in [2.75, 3.05) is 16.0 Å². The summed E-state index contributed by atoms with van der Waals surface area (Å²) in [6.45, 7) is 0.674. The lowest BCUT2D eigenvalue weighted by atomic mass is 10.1. The molecule has 0 amide bonds. The van der Waals surface area contributed by atoms with Crippen molar-refractivity contribution in [2.24, 2.45) is 9.98 Å². The van der Waals surface area contributed by atoms with Crippen LogP contribution in [0.5, 0.6) is 0 Å². The molecule has 8 nitrogen and oxygen atoms in total. The molecular weight excluding hydrogens is 508 g/mol. The van der Waals surface area contributed by atoms with Gasteiger partial charge in [0.15, 0.2) is 0 Å². The number of hydrogen-bond donors (Lipinski definition) is 3. The van der Waals surface area contributed by atoms with Crippen LogP contribution in [-0.2, 0) is 12.5 Å². The maximum atomic E-state index is 5.79. The topological polar surface area (TPSA) is 73.9 Å². The van der Waals surface area contributed by atoms with Gasteiger partial charge in [-0.2, -0.15) is 4.99 Å². The van der Waals surface area contributed by atoms with Crippen LogP contribution >= 0.6 is 0 Å². The van der Waals surface area contributed by atoms with Crippen molar-refractivity contribution >= 4 is 56.5 Å². The van der Waals surface area contributed by atoms with Gasteiger partial charge in [0.2, 0.25) is 0 Å². The maximum absolute atomic E-state index is 5.79. The SMILES string of the molecule is c1ccc2c(c1)CNc1c3ccccc3c3n1C14N=C2Nc2c5ccccc5c(n21)N=C1c2ccccc2C(N3)N14. The summed E-state index contributed by atoms with van der Waals surface area (Å²) in [5.74, 6) is 4.82. The summed E-state index contributed by atoms with van der Waals surface area (Å²) in [7, 11) is 0. The molecule has 3 N–H and O–H groups in total. The van der Waals surface area contributed by atoms with Gasteiger partial charge in [0.1, 0.15) is 41.1 Å². The van der Waals surface area contributed by atoms with Gasteiger partial charge in [-0.3, -0.25) is 9.47 Å². The number of hydrogen-bond acceptors (Lipinski definition) is 6. The van der Waals surface area contributed by atoms with Crippen LogP contribution in [0.15, 0.2) is 107 Å². The van der Waals surface area contributed by atoms with E-state index in [4.69, 9.17) is 9.98 Å². The molecule has 5 aliphatic heterocycles. The smallest absolute Gasteiger partial charge is 0.314 e. The summed E-state index contributed by atoms with van der Waals surface area (Å²) >= 11 is 0. The second kappa shape index (κ2) is 6.62. The van der Waals surface area contributed by atoms with E-state index < -0.39 is 5.91 Å². The molecule has 0 aliphatic carbocycles. The third kappa shape index (κ3) is 2.14. The van der Waals surface area contributed by atoms with Crippen molar-refractivity contribution < 1.29 is 0 Å². The Balaban J connectivity index is 1.41. The molecule has 8 heteroatoms. The Bertz CT molecular complexity index is 2250. The number of nitrogens with zero attached hydrogens (tertiary/aromatic N) is 5. The number of amidine groups is 2. The molecule has 2 atom stereocenters. The van der Waals surface area contributed by atoms with Crippen LogP contribution in [0.2, 0.25) is 0 Å². The molecule has 0 saturated heterocycles. The minimum atomic E-state index is -0.982. The van der Waals surface area contributed by atoms with Crippen LogP contribution in [-0.4, -0.2) is 25.7 Å². The zero-order valence-corrected chi connectivity index (χ0v) is 21.8. The lowest BCUT2D eigenvalue weighted by Gasteiger charge is -2.53. The predicted octanol–water partition coefficient (Wildman–Crippen LogP) is 6.34. The van der Waals surface area contributed by atoms with Gasteiger partial charge in [0, 0.05) is 44.8 Å². The first-order valence-electron chi connectivity index (χ1n) is 14.0. The van der Waals surface area contributed by atoms with Crippen molar-refractivity contribution in [1.29, 1.82) is 0 Å². The number of rotatable bonds is 0. The number of aliphatic imine (C=N–C) groups is 2. The Morgan fingerprint density at radius 1 is 0.683 bits per heavy atom. The van der Waals surface area contributed by atoms with Crippen LogP contribution in [0.1, 0.15) is 28.4 Å². The molecule has 0 radical (unpaired) electrons. The fraction of sp³-hybridized carbons (Fsp3) is 0.0909. The molecule has 11 rings (SSSR count). The molecule has 0 saturated carbocycles. The van der Waals surface area contributed by atoms with Gasteiger partial charge >= 0.3 is 5.91 Å². The minimum Gasteiger partial charge on any atom is -0.367 e. The molecule has 41 heavy (non-hydrogen) atoms. The Kier molecular flexibility index (Phi) is 3.29. The van der Waals surface area contributed by atoms with Crippen molar-refractivity contribution in [3.63, 3.8) is 0 Å². The molecule has 2 bridgehead atoms. The van der Waals surface area contributed by atoms with Crippen LogP contribution in [0.3, 0.4) is 0 Å². The summed E-state index contributed by atoms with van der Waals surface area (Å²) in [6, 6.07) is 34.4. The van der Waals surface area contributed by atoms with E-state index in [2.05, 4.69) is 127 Å². The highest BCUT2D eigenvalue weighted by molar-refractivity contribution is 6.18. The van der Waals surface area contributed by atoms with Gasteiger partial charge in [0.25, 0.3) is 0 Å². The summed E-state index contributed by atoms with van der Waals surface area (Å²) in [5.41, 5.74) is 4.63. The van der Waals surface area contributed by atoms with Crippen LogP contribution in [0.25, 0.3) is 21.5 Å². The van der Waals surface area contributed by atoms with Gasteiger partial charge in [-0.1, -0.05) is 97.1 Å². The van der Waals surface area contributed by atoms with E-state index in [0.29, 0.717) is 6.54 Å². The molecular formula is C33H22N8. The summed E-state index contributed by atoms with van der Waals surface area (Å²) in [4.78, 5) is 13.6. The van der Waals surface area contributed by atoms with Crippen LogP contribution in [0.4, 0.5) is 23.3 Å². The second-order valence-corrected chi connectivity index (χ2v) is 11.3. The van der Waals surface area contributed by atoms with Gasteiger partial charge in [-0.05, 0) is 5.56 Å². The normalized spacial score (nSPS) is 21.8. The largest absolute Gasteiger partial charge is 0.367 e. The zero-order chi connectivity index (χ0) is 26.4. The first kappa shape index (κ1) is 20.4. The Labute approximate surface area is 234 Å². The third-order valence-corrected chi connectivity index (χ3v) is 9.35. The predicted molar refractivity (Wildman–Crippen MR) is 162 cm³/mol. The van der Waals surface area contributed by atoms with E-state index >= 15 is 0 Å². The number of aromatic nitrogens is 2. The molecule has 194 valence electrons. The highest BCUT2D eigenvalue weighted by Crippen LogP contribution is 2.59. The third-order valence-electron chi connectivity index (χ3n) is 9.35. The van der Waals surface area contributed by atoms with E-state index in [1.807, 2.05) is 0 Å². The van der Waals surface area contributed by atoms with Crippen LogP contribution < -0.4 is 16.0 Å². The summed E-state index contributed by atoms with van der Waals surface area (Å²) in [5, 5.41) is 16.2. The van der Waals surface area contributed by atoms with E-state index in [9.17, 15) is 0 Å². The van der Waals surface area contributed by atoms with Crippen molar-refractivity contribution in [2.45, 2.75) is 18.6 Å². The highest BCUT2D eigenvalue weighted by Gasteiger charge is 2.61. The Hall–Kier alpha value is -5.50. The molecule has 7 heterocycles. The van der Waals surface area contributed by atoms with Crippen molar-refractivity contribution in [3.05, 3.63) is 119 Å². The van der Waals surface area contributed by atoms with E-state index in [0.717, 1.165) is 62.2 Å². The molecule has 5 aliphatic rings. The molecule has 4 aromatic carbocycles. The van der Waals surface area contributed by atoms with Gasteiger partial charge in [-0.25, -0.2) is 9.56 Å². The standard InChI is InChI=1S/C33H22N8/c1-2-10-19-18(9-1)17-34-27-20-11-3-4-12-21(20)29-36-31-24-15-7-8-16-25(24)32-37-30-23-14-6-5-13-22(23)28-35-26(19)38-33(39(27)29,40(28)30)41(31)32/h1-16,31,34,36H,17H2,(H,35,38). The van der Waals surface area contributed by atoms with Crippen LogP contribution in [0, 0.1) is 0 Å². The molecule has 2 unspecified atom stereocenters. The number of nitrogens with one attached hydrogen (secondary N) is 3. The zero-order valence-electron chi connectivity index (χ0n) is 21.8. The molecule has 1 spiro atoms. The minimum absolute atomic E-state index is 0.144. The van der Waals surface area contributed by atoms with Crippen molar-refractivity contribution in [3.8, 4) is 0 Å². The fourth-order valence-electron chi connectivity index (χ4n) is 7.73. The molecule has 6 aromatic rings. The first-order chi connectivity index (χ1) is 20.3. The van der Waals surface area contributed by atoms with Gasteiger partial charge in [0.05, 0.1) is 0 Å². The number of fused-ring (bicyclic) bond motifs is 11. The second-order valence-electron chi connectivity index (χ2n) is 11.3. The van der Waals surface area contributed by atoms with E-state index in [-0.39, 0.29) is 6.17 Å². The Morgan fingerprint density at radius 3 is 2.22 bits per heavy atom. The summed E-state index contributed by atoms with van der Waals surface area (Å²) < 4.78 is 4.71. The van der Waals surface area contributed by atoms with Gasteiger partial charge in [-0.15, -0.1) is 0 Å². The Morgan fingerprint density at radius 2 is 1.37 bits per heavy atom. The lowest BCUT2D eigenvalue weighted by molar-refractivity contribution is 0.0269. The van der Waals surface area contributed by atoms with Crippen molar-refractivity contribution in [1.82, 2.24) is 14.0 Å². The fourth-order valence-corrected chi connectivity index (χ4v) is 7.73. The maximum Gasteiger partial charge on any atom is 0.314 e. The van der Waals surface area contributed by atoms with E-state index in [1.54, 1.807) is 0 Å². The monoisotopic (exact) mass is 530 g/mol. The first-order valence-corrected chi connectivity index (χ1v) is 14.0. The van der Waals surface area contributed by atoms with E-state index in [1.165, 1.54) is 16.5 Å². The quantitative estimate of drug-likeness (QED) is 0.214. The molecule has 2 aromatic heterocycles. The average Bonchev–Trinajstić information content (AvgIpc) is 3.65. The number of benzene rings is 4.